The Morgan fingerprint density at radius 2 is 0.644 bits per heavy atom. The molecule has 0 saturated carbocycles. The van der Waals surface area contributed by atoms with Gasteiger partial charge in [0.1, 0.15) is 0 Å². The lowest BCUT2D eigenvalue weighted by atomic mass is 10.1. The summed E-state index contributed by atoms with van der Waals surface area (Å²) in [4.78, 5) is 10.0. The number of rotatable bonds is 40. The first kappa shape index (κ1) is 58.5. The van der Waals surface area contributed by atoms with Crippen molar-refractivity contribution in [1.29, 1.82) is 0 Å². The van der Waals surface area contributed by atoms with E-state index in [0.717, 1.165) is 52.5 Å². The van der Waals surface area contributed by atoms with Crippen LogP contribution in [-0.2, 0) is 0 Å². The van der Waals surface area contributed by atoms with Gasteiger partial charge in [0.05, 0.1) is 24.7 Å². The van der Waals surface area contributed by atoms with Crippen LogP contribution < -0.4 is 14.2 Å². The zero-order valence-electron chi connectivity index (χ0n) is 45.4. The van der Waals surface area contributed by atoms with E-state index in [4.69, 9.17) is 14.2 Å². The maximum Gasteiger partial charge on any atom is 0.203 e. The minimum absolute atomic E-state index is 0.687. The molecule has 4 aromatic heterocycles. The molecular formula is C66H90O3S4. The summed E-state index contributed by atoms with van der Waals surface area (Å²) in [5.74, 6) is 9.14. The van der Waals surface area contributed by atoms with E-state index < -0.39 is 0 Å². The van der Waals surface area contributed by atoms with Gasteiger partial charge in [0, 0.05) is 39.7 Å². The summed E-state index contributed by atoms with van der Waals surface area (Å²) < 4.78 is 20.3. The van der Waals surface area contributed by atoms with E-state index in [1.807, 2.05) is 52.2 Å². The molecule has 6 aromatic rings. The predicted molar refractivity (Wildman–Crippen MR) is 324 cm³/mol. The van der Waals surface area contributed by atoms with Crippen LogP contribution in [0.25, 0.3) is 39.7 Å². The van der Waals surface area contributed by atoms with E-state index in [9.17, 15) is 0 Å². The van der Waals surface area contributed by atoms with E-state index in [1.165, 1.54) is 208 Å². The van der Waals surface area contributed by atoms with Crippen LogP contribution in [0.5, 0.6) is 17.2 Å². The van der Waals surface area contributed by atoms with Crippen LogP contribution in [0.3, 0.4) is 0 Å². The number of benzene rings is 2. The van der Waals surface area contributed by atoms with Gasteiger partial charge in [0.15, 0.2) is 11.5 Å². The molecule has 6 rings (SSSR count). The molecule has 0 N–H and O–H groups in total. The molecule has 0 saturated heterocycles. The minimum atomic E-state index is 0.687. The lowest BCUT2D eigenvalue weighted by molar-refractivity contribution is 0.234. The molecule has 0 spiro atoms. The second-order valence-electron chi connectivity index (χ2n) is 20.2. The van der Waals surface area contributed by atoms with Crippen molar-refractivity contribution in [2.75, 3.05) is 19.8 Å². The number of thiophene rings is 4. The van der Waals surface area contributed by atoms with Gasteiger partial charge < -0.3 is 14.2 Å². The zero-order chi connectivity index (χ0) is 50.8. The highest BCUT2D eigenvalue weighted by molar-refractivity contribution is 7.29. The van der Waals surface area contributed by atoms with Crippen molar-refractivity contribution in [3.05, 3.63) is 101 Å². The fourth-order valence-corrected chi connectivity index (χ4v) is 13.5. The molecule has 73 heavy (non-hydrogen) atoms. The number of unbranched alkanes of at least 4 members (excludes halogenated alkanes) is 27. The monoisotopic (exact) mass is 1060 g/mol. The van der Waals surface area contributed by atoms with E-state index >= 15 is 0 Å². The van der Waals surface area contributed by atoms with Crippen molar-refractivity contribution in [2.24, 2.45) is 0 Å². The topological polar surface area (TPSA) is 27.7 Å². The molecule has 4 heterocycles. The van der Waals surface area contributed by atoms with Gasteiger partial charge in [0.2, 0.25) is 5.75 Å². The molecule has 0 radical (unpaired) electrons. The van der Waals surface area contributed by atoms with Crippen LogP contribution in [0.2, 0.25) is 0 Å². The van der Waals surface area contributed by atoms with Gasteiger partial charge in [-0.2, -0.15) is 0 Å². The largest absolute Gasteiger partial charge is 0.490 e. The maximum absolute atomic E-state index is 6.78. The molecule has 0 atom stereocenters. The van der Waals surface area contributed by atoms with Gasteiger partial charge in [0.25, 0.3) is 0 Å². The molecular weight excluding hydrogens is 969 g/mol. The second kappa shape index (κ2) is 36.2. The van der Waals surface area contributed by atoms with E-state index in [-0.39, 0.29) is 0 Å². The predicted octanol–water partition coefficient (Wildman–Crippen LogP) is 22.9. The van der Waals surface area contributed by atoms with Crippen LogP contribution in [0.15, 0.2) is 91.0 Å². The van der Waals surface area contributed by atoms with E-state index in [0.29, 0.717) is 19.8 Å². The summed E-state index contributed by atoms with van der Waals surface area (Å²) in [5, 5.41) is 0. The van der Waals surface area contributed by atoms with E-state index in [2.05, 4.69) is 105 Å². The van der Waals surface area contributed by atoms with Gasteiger partial charge in [-0.3, -0.25) is 0 Å². The van der Waals surface area contributed by atoms with Crippen LogP contribution in [0.4, 0.5) is 0 Å². The van der Waals surface area contributed by atoms with Crippen molar-refractivity contribution >= 4 is 45.3 Å². The zero-order valence-corrected chi connectivity index (χ0v) is 48.6. The molecule has 2 aromatic carbocycles. The number of hydrogen-bond donors (Lipinski definition) is 0. The first-order chi connectivity index (χ1) is 36.1. The van der Waals surface area contributed by atoms with Crippen LogP contribution >= 0.6 is 45.3 Å². The highest BCUT2D eigenvalue weighted by Gasteiger charge is 2.19. The third kappa shape index (κ3) is 22.1. The number of ether oxygens (including phenoxy) is 3. The Kier molecular flexibility index (Phi) is 29.0. The smallest absolute Gasteiger partial charge is 0.203 e. The quantitative estimate of drug-likeness (QED) is 0.0283. The van der Waals surface area contributed by atoms with Crippen molar-refractivity contribution in [2.45, 2.75) is 213 Å². The van der Waals surface area contributed by atoms with Gasteiger partial charge in [-0.05, 0) is 97.6 Å². The molecule has 0 aliphatic heterocycles. The Hall–Kier alpha value is -3.80. The average Bonchev–Trinajstić information content (AvgIpc) is 4.27. The average molecular weight is 1060 g/mol. The lowest BCUT2D eigenvalue weighted by Gasteiger charge is -2.19. The fourth-order valence-electron chi connectivity index (χ4n) is 9.41. The molecule has 396 valence electrons. The Bertz CT molecular complexity index is 2360. The highest BCUT2D eigenvalue weighted by Crippen LogP contribution is 2.47. The van der Waals surface area contributed by atoms with Crippen molar-refractivity contribution in [3.63, 3.8) is 0 Å². The van der Waals surface area contributed by atoms with Crippen LogP contribution in [0, 0.1) is 11.8 Å². The molecule has 0 bridgehead atoms. The standard InChI is InChI=1S/C66H90O3S4/c1-4-7-10-13-16-19-22-25-28-34-49-67-57-52-55(53-58(68-50-35-29-26-23-20-17-14-11-8-5-2)66(57)69-51-36-30-27-24-21-18-15-12-9-6-3)59-43-44-62(71-59)63-47-48-65(73-63)64-46-45-61(72-64)60-42-41-56(70-60)40-39-54-37-32-31-33-38-54/h31-33,37-38,41-48,52-53H,4-30,34-36,49-51H2,1-3H3. The third-order valence-electron chi connectivity index (χ3n) is 13.8. The summed E-state index contributed by atoms with van der Waals surface area (Å²) >= 11 is 7.37. The van der Waals surface area contributed by atoms with Gasteiger partial charge in [-0.1, -0.05) is 224 Å². The SMILES string of the molecule is CCCCCCCCCCCCOc1cc(-c2ccc(-c3ccc(-c4ccc(-c5ccc(C#Cc6ccccc6)s5)s4)s3)s2)cc(OCCCCCCCCCCCC)c1OCCCCCCCCCCCC. The fraction of sp³-hybridized carbons (Fsp3) is 0.545. The van der Waals surface area contributed by atoms with Crippen molar-refractivity contribution in [3.8, 4) is 68.8 Å². The Balaban J connectivity index is 1.13. The molecule has 0 fully saturated rings. The molecule has 0 aliphatic rings. The summed E-state index contributed by atoms with van der Waals surface area (Å²) in [6, 6.07) is 32.8. The molecule has 0 amide bonds. The van der Waals surface area contributed by atoms with Gasteiger partial charge in [-0.15, -0.1) is 45.3 Å². The normalized spacial score (nSPS) is 11.3. The first-order valence-electron chi connectivity index (χ1n) is 29.2. The van der Waals surface area contributed by atoms with Crippen molar-refractivity contribution in [1.82, 2.24) is 0 Å². The maximum atomic E-state index is 6.78. The molecule has 3 nitrogen and oxygen atoms in total. The second-order valence-corrected chi connectivity index (χ2v) is 24.5. The molecule has 0 aliphatic carbocycles. The van der Waals surface area contributed by atoms with Gasteiger partial charge in [-0.25, -0.2) is 0 Å². The Morgan fingerprint density at radius 3 is 1.05 bits per heavy atom. The Morgan fingerprint density at radius 1 is 0.315 bits per heavy atom. The highest BCUT2D eigenvalue weighted by atomic mass is 32.1. The van der Waals surface area contributed by atoms with Crippen molar-refractivity contribution < 1.29 is 14.2 Å². The molecule has 0 unspecified atom stereocenters. The summed E-state index contributed by atoms with van der Waals surface area (Å²) in [6.45, 7) is 8.97. The first-order valence-corrected chi connectivity index (χ1v) is 32.5. The minimum Gasteiger partial charge on any atom is -0.490 e. The summed E-state index contributed by atoms with van der Waals surface area (Å²) in [7, 11) is 0. The number of hydrogen-bond acceptors (Lipinski definition) is 7. The lowest BCUT2D eigenvalue weighted by Crippen LogP contribution is -2.06. The summed E-state index contributed by atoms with van der Waals surface area (Å²) in [6.07, 6.45) is 39.2. The van der Waals surface area contributed by atoms with Crippen LogP contribution in [-0.4, -0.2) is 19.8 Å². The summed E-state index contributed by atoms with van der Waals surface area (Å²) in [5.41, 5.74) is 2.18. The Labute approximate surface area is 459 Å². The van der Waals surface area contributed by atoms with Gasteiger partial charge >= 0.3 is 0 Å². The third-order valence-corrected chi connectivity index (χ3v) is 18.7. The van der Waals surface area contributed by atoms with Crippen LogP contribution in [0.1, 0.15) is 224 Å². The van der Waals surface area contributed by atoms with E-state index in [1.54, 1.807) is 11.3 Å². The molecule has 7 heteroatoms.